The number of nitrogens with zero attached hydrogens (tertiary/aromatic N) is 3. The molecule has 0 saturated heterocycles. The van der Waals surface area contributed by atoms with Gasteiger partial charge in [0.1, 0.15) is 6.04 Å². The molecule has 0 radical (unpaired) electrons. The maximum atomic E-state index is 13.2. The fourth-order valence-electron chi connectivity index (χ4n) is 3.28. The Hall–Kier alpha value is -2.17. The molecule has 2 aromatic carbocycles. The largest absolute Gasteiger partial charge is 0.340 e. The number of benzene rings is 2. The van der Waals surface area contributed by atoms with Gasteiger partial charge in [-0.05, 0) is 57.4 Å². The van der Waals surface area contributed by atoms with Gasteiger partial charge in [0.25, 0.3) is 0 Å². The van der Waals surface area contributed by atoms with Gasteiger partial charge in [-0.2, -0.15) is 0 Å². The summed E-state index contributed by atoms with van der Waals surface area (Å²) in [6.45, 7) is 3.56. The Morgan fingerprint density at radius 3 is 2.08 bits per heavy atom. The van der Waals surface area contributed by atoms with Crippen LogP contribution in [0.25, 0.3) is 0 Å². The van der Waals surface area contributed by atoms with Crippen molar-refractivity contribution in [3.63, 3.8) is 0 Å². The summed E-state index contributed by atoms with van der Waals surface area (Å²) in [5.41, 5.74) is 4.62. The topological polar surface area (TPSA) is 26.8 Å². The van der Waals surface area contributed by atoms with E-state index >= 15 is 0 Å². The second-order valence-corrected chi connectivity index (χ2v) is 7.47. The minimum Gasteiger partial charge on any atom is -0.340 e. The monoisotopic (exact) mass is 353 g/mol. The SMILES string of the molecule is Cc1ccccc1[C@@H](C(=O)N(C)Cc1cccc(CN(C)C)c1)N(C)C. The molecule has 0 aliphatic rings. The maximum absolute atomic E-state index is 13.2. The zero-order valence-corrected chi connectivity index (χ0v) is 16.9. The number of amides is 1. The van der Waals surface area contributed by atoms with Crippen LogP contribution in [0.15, 0.2) is 48.5 Å². The first-order valence-corrected chi connectivity index (χ1v) is 8.99. The van der Waals surface area contributed by atoms with E-state index in [2.05, 4.69) is 56.3 Å². The Morgan fingerprint density at radius 2 is 1.50 bits per heavy atom. The zero-order chi connectivity index (χ0) is 19.3. The highest BCUT2D eigenvalue weighted by Crippen LogP contribution is 2.24. The molecule has 1 amide bonds. The third kappa shape index (κ3) is 5.16. The van der Waals surface area contributed by atoms with E-state index < -0.39 is 0 Å². The van der Waals surface area contributed by atoms with Gasteiger partial charge in [0.05, 0.1) is 0 Å². The van der Waals surface area contributed by atoms with Crippen LogP contribution >= 0.6 is 0 Å². The van der Waals surface area contributed by atoms with Crippen molar-refractivity contribution in [1.82, 2.24) is 14.7 Å². The second-order valence-electron chi connectivity index (χ2n) is 7.47. The normalized spacial score (nSPS) is 12.5. The first kappa shape index (κ1) is 20.1. The van der Waals surface area contributed by atoms with Crippen LogP contribution in [0.4, 0.5) is 0 Å². The van der Waals surface area contributed by atoms with E-state index in [-0.39, 0.29) is 11.9 Å². The third-order valence-electron chi connectivity index (χ3n) is 4.52. The molecule has 0 spiro atoms. The van der Waals surface area contributed by atoms with Gasteiger partial charge >= 0.3 is 0 Å². The molecule has 0 unspecified atom stereocenters. The van der Waals surface area contributed by atoms with Crippen LogP contribution in [0.2, 0.25) is 0 Å². The van der Waals surface area contributed by atoms with Crippen LogP contribution in [0.3, 0.4) is 0 Å². The summed E-state index contributed by atoms with van der Waals surface area (Å²) < 4.78 is 0. The molecule has 1 atom stereocenters. The Bertz CT molecular complexity index is 740. The number of aryl methyl sites for hydroxylation is 1. The summed E-state index contributed by atoms with van der Waals surface area (Å²) in [7, 11) is 9.93. The quantitative estimate of drug-likeness (QED) is 0.764. The van der Waals surface area contributed by atoms with E-state index in [0.717, 1.165) is 23.2 Å². The molecule has 0 aliphatic heterocycles. The maximum Gasteiger partial charge on any atom is 0.244 e. The van der Waals surface area contributed by atoms with Gasteiger partial charge in [-0.3, -0.25) is 9.69 Å². The molecule has 2 rings (SSSR count). The number of carbonyl (C=O) groups is 1. The second kappa shape index (κ2) is 8.97. The Morgan fingerprint density at radius 1 is 0.885 bits per heavy atom. The molecule has 0 aromatic heterocycles. The van der Waals surface area contributed by atoms with Crippen LogP contribution in [0, 0.1) is 6.92 Å². The van der Waals surface area contributed by atoms with Gasteiger partial charge in [-0.25, -0.2) is 0 Å². The molecule has 4 heteroatoms. The predicted molar refractivity (Wildman–Crippen MR) is 108 cm³/mol. The van der Waals surface area contributed by atoms with Crippen LogP contribution in [0.5, 0.6) is 0 Å². The lowest BCUT2D eigenvalue weighted by Gasteiger charge is -2.29. The zero-order valence-electron chi connectivity index (χ0n) is 16.9. The number of carbonyl (C=O) groups excluding carboxylic acids is 1. The van der Waals surface area contributed by atoms with Crippen LogP contribution in [-0.2, 0) is 17.9 Å². The Kier molecular flexibility index (Phi) is 6.95. The molecule has 140 valence electrons. The lowest BCUT2D eigenvalue weighted by molar-refractivity contribution is -0.135. The standard InChI is InChI=1S/C22H31N3O/c1-17-10-7-8-13-20(17)21(24(4)5)22(26)25(6)16-19-12-9-11-18(14-19)15-23(2)3/h7-14,21H,15-16H2,1-6H3/t21-/m0/s1. The number of rotatable bonds is 7. The Balaban J connectivity index is 2.18. The van der Waals surface area contributed by atoms with Crippen molar-refractivity contribution in [1.29, 1.82) is 0 Å². The molecule has 2 aromatic rings. The molecule has 0 aliphatic carbocycles. The van der Waals surface area contributed by atoms with Crippen molar-refractivity contribution in [3.05, 3.63) is 70.8 Å². The van der Waals surface area contributed by atoms with Gasteiger partial charge in [-0.15, -0.1) is 0 Å². The molecule has 0 bridgehead atoms. The number of hydrogen-bond donors (Lipinski definition) is 0. The van der Waals surface area contributed by atoms with Gasteiger partial charge < -0.3 is 9.80 Å². The molecular formula is C22H31N3O. The molecule has 0 heterocycles. The molecule has 4 nitrogen and oxygen atoms in total. The highest BCUT2D eigenvalue weighted by molar-refractivity contribution is 5.83. The molecule has 26 heavy (non-hydrogen) atoms. The van der Waals surface area contributed by atoms with E-state index in [0.29, 0.717) is 6.54 Å². The van der Waals surface area contributed by atoms with E-state index in [1.54, 1.807) is 0 Å². The van der Waals surface area contributed by atoms with Gasteiger partial charge in [-0.1, -0.05) is 48.5 Å². The van der Waals surface area contributed by atoms with Gasteiger partial charge in [0, 0.05) is 20.1 Å². The first-order valence-electron chi connectivity index (χ1n) is 8.99. The van der Waals surface area contributed by atoms with Crippen molar-refractivity contribution >= 4 is 5.91 Å². The van der Waals surface area contributed by atoms with Crippen molar-refractivity contribution in [2.75, 3.05) is 35.2 Å². The van der Waals surface area contributed by atoms with Crippen molar-refractivity contribution < 1.29 is 4.79 Å². The van der Waals surface area contributed by atoms with Gasteiger partial charge in [0.2, 0.25) is 5.91 Å². The first-order chi connectivity index (χ1) is 12.3. The average molecular weight is 354 g/mol. The fourth-order valence-corrected chi connectivity index (χ4v) is 3.28. The van der Waals surface area contributed by atoms with E-state index in [9.17, 15) is 4.79 Å². The number of hydrogen-bond acceptors (Lipinski definition) is 3. The summed E-state index contributed by atoms with van der Waals surface area (Å²) in [4.78, 5) is 19.1. The predicted octanol–water partition coefficient (Wildman–Crippen LogP) is 3.32. The molecular weight excluding hydrogens is 322 g/mol. The highest BCUT2D eigenvalue weighted by atomic mass is 16.2. The lowest BCUT2D eigenvalue weighted by Crippen LogP contribution is -2.38. The summed E-state index contributed by atoms with van der Waals surface area (Å²) in [6.07, 6.45) is 0. The van der Waals surface area contributed by atoms with Gasteiger partial charge in [0.15, 0.2) is 0 Å². The van der Waals surface area contributed by atoms with Crippen molar-refractivity contribution in [3.8, 4) is 0 Å². The molecule has 0 fully saturated rings. The molecule has 0 saturated carbocycles. The van der Waals surface area contributed by atoms with Crippen LogP contribution < -0.4 is 0 Å². The van der Waals surface area contributed by atoms with Crippen LogP contribution in [-0.4, -0.2) is 55.8 Å². The average Bonchev–Trinajstić information content (AvgIpc) is 2.56. The minimum absolute atomic E-state index is 0.113. The van der Waals surface area contributed by atoms with E-state index in [1.807, 2.05) is 49.1 Å². The minimum atomic E-state index is -0.272. The summed E-state index contributed by atoms with van der Waals surface area (Å²) >= 11 is 0. The summed E-state index contributed by atoms with van der Waals surface area (Å²) in [6, 6.07) is 16.3. The van der Waals surface area contributed by atoms with Crippen molar-refractivity contribution in [2.45, 2.75) is 26.1 Å². The lowest BCUT2D eigenvalue weighted by atomic mass is 9.99. The summed E-state index contributed by atoms with van der Waals surface area (Å²) in [5.74, 6) is 0.113. The Labute approximate surface area is 158 Å². The smallest absolute Gasteiger partial charge is 0.244 e. The highest BCUT2D eigenvalue weighted by Gasteiger charge is 2.27. The van der Waals surface area contributed by atoms with Crippen molar-refractivity contribution in [2.24, 2.45) is 0 Å². The van der Waals surface area contributed by atoms with Crippen LogP contribution in [0.1, 0.15) is 28.3 Å². The number of likely N-dealkylation sites (N-methyl/N-ethyl adjacent to an activating group) is 2. The fraction of sp³-hybridized carbons (Fsp3) is 0.409. The molecule has 0 N–H and O–H groups in total. The van der Waals surface area contributed by atoms with E-state index in [1.165, 1.54) is 5.56 Å². The van der Waals surface area contributed by atoms with E-state index in [4.69, 9.17) is 0 Å². The third-order valence-corrected chi connectivity index (χ3v) is 4.52. The summed E-state index contributed by atoms with van der Waals surface area (Å²) in [5, 5.41) is 0.